The Balaban J connectivity index is 1.53. The second-order valence-corrected chi connectivity index (χ2v) is 8.46. The van der Waals surface area contributed by atoms with Crippen molar-refractivity contribution >= 4 is 33.4 Å². The lowest BCUT2D eigenvalue weighted by Crippen LogP contribution is -2.41. The molecule has 2 heterocycles. The highest BCUT2D eigenvalue weighted by Crippen LogP contribution is 2.35. The van der Waals surface area contributed by atoms with Crippen LogP contribution in [0.25, 0.3) is 10.2 Å². The van der Waals surface area contributed by atoms with Crippen molar-refractivity contribution in [3.63, 3.8) is 0 Å². The quantitative estimate of drug-likeness (QED) is 0.688. The molecule has 7 heteroatoms. The van der Waals surface area contributed by atoms with Crippen LogP contribution in [0.4, 0.5) is 0 Å². The summed E-state index contributed by atoms with van der Waals surface area (Å²) in [5.74, 6) is -1.17. The zero-order valence-corrected chi connectivity index (χ0v) is 16.8. The topological polar surface area (TPSA) is 84.2 Å². The van der Waals surface area contributed by atoms with Gasteiger partial charge in [0.15, 0.2) is 0 Å². The summed E-state index contributed by atoms with van der Waals surface area (Å²) in [6.07, 6.45) is 3.43. The molecule has 0 spiro atoms. The molecule has 146 valence electrons. The number of carboxylic acids is 1. The number of carbonyl (C=O) groups is 2. The Morgan fingerprint density at radius 1 is 1.39 bits per heavy atom. The number of thiophene rings is 1. The average molecular weight is 398 g/mol. The number of benzene rings is 1. The lowest BCUT2D eigenvalue weighted by atomic mass is 9.79. The Bertz CT molecular complexity index is 1020. The molecule has 2 atom stereocenters. The van der Waals surface area contributed by atoms with Crippen LogP contribution in [-0.4, -0.2) is 32.8 Å². The van der Waals surface area contributed by atoms with Gasteiger partial charge in [0.05, 0.1) is 10.6 Å². The van der Waals surface area contributed by atoms with Gasteiger partial charge in [-0.25, -0.2) is 4.79 Å². The molecule has 2 N–H and O–H groups in total. The van der Waals surface area contributed by atoms with Crippen LogP contribution in [0.15, 0.2) is 30.3 Å². The molecule has 1 aromatic carbocycles. The summed E-state index contributed by atoms with van der Waals surface area (Å²) in [4.78, 5) is 26.0. The van der Waals surface area contributed by atoms with Gasteiger partial charge >= 0.3 is 5.97 Å². The zero-order chi connectivity index (χ0) is 19.8. The van der Waals surface area contributed by atoms with E-state index >= 15 is 0 Å². The molecule has 28 heavy (non-hydrogen) atoms. The van der Waals surface area contributed by atoms with Gasteiger partial charge in [-0.15, -0.1) is 11.3 Å². The second kappa shape index (κ2) is 7.39. The predicted octanol–water partition coefficient (Wildman–Crippen LogP) is 3.64. The van der Waals surface area contributed by atoms with Gasteiger partial charge in [0.25, 0.3) is 5.91 Å². The number of hydrogen-bond acceptors (Lipinski definition) is 4. The van der Waals surface area contributed by atoms with E-state index in [0.717, 1.165) is 35.2 Å². The van der Waals surface area contributed by atoms with Crippen LogP contribution in [0, 0.1) is 6.92 Å². The van der Waals surface area contributed by atoms with E-state index in [1.165, 1.54) is 22.5 Å². The first kappa shape index (κ1) is 18.7. The number of hydrogen-bond donors (Lipinski definition) is 2. The van der Waals surface area contributed by atoms with E-state index in [4.69, 9.17) is 0 Å². The fourth-order valence-corrected chi connectivity index (χ4v) is 5.18. The van der Waals surface area contributed by atoms with Gasteiger partial charge in [0, 0.05) is 12.4 Å². The van der Waals surface area contributed by atoms with Crippen LogP contribution >= 0.6 is 11.3 Å². The van der Waals surface area contributed by atoms with E-state index in [2.05, 4.69) is 22.5 Å². The van der Waals surface area contributed by atoms with Crippen molar-refractivity contribution < 1.29 is 14.7 Å². The Kier molecular flexibility index (Phi) is 4.93. The van der Waals surface area contributed by atoms with Crippen molar-refractivity contribution in [1.29, 1.82) is 0 Å². The molecule has 0 fully saturated rings. The third-order valence-electron chi connectivity index (χ3n) is 5.54. The van der Waals surface area contributed by atoms with Gasteiger partial charge < -0.3 is 10.4 Å². The molecule has 1 amide bonds. The fraction of sp³-hybridized carbons (Fsp3) is 0.381. The summed E-state index contributed by atoms with van der Waals surface area (Å²) in [6, 6.07) is 9.11. The predicted molar refractivity (Wildman–Crippen MR) is 109 cm³/mol. The summed E-state index contributed by atoms with van der Waals surface area (Å²) in [6.45, 7) is 1.90. The molecule has 0 saturated heterocycles. The molecule has 2 aromatic heterocycles. The van der Waals surface area contributed by atoms with Crippen molar-refractivity contribution in [1.82, 2.24) is 15.1 Å². The van der Waals surface area contributed by atoms with Crippen LogP contribution in [-0.2, 0) is 18.3 Å². The molecule has 0 saturated carbocycles. The molecule has 0 bridgehead atoms. The standard InChI is InChI=1S/C21H23N3O3S/c1-12-16-11-18(28-20(16)24(2)23-12)19(25)22-17(21(26)27)10-14-8-5-7-13-6-3-4-9-15(13)14/h3-4,6,9,11,14,17H,5,7-8,10H2,1-2H3,(H,22,25)(H,26,27). The van der Waals surface area contributed by atoms with Gasteiger partial charge in [0.2, 0.25) is 0 Å². The lowest BCUT2D eigenvalue weighted by molar-refractivity contribution is -0.139. The number of aromatic nitrogens is 2. The minimum atomic E-state index is -0.990. The Hall–Kier alpha value is -2.67. The number of nitrogens with one attached hydrogen (secondary N) is 1. The Morgan fingerprint density at radius 2 is 2.18 bits per heavy atom. The summed E-state index contributed by atoms with van der Waals surface area (Å²) in [5.41, 5.74) is 3.38. The normalized spacial score (nSPS) is 17.3. The maximum atomic E-state index is 12.7. The molecule has 4 rings (SSSR count). The third kappa shape index (κ3) is 3.42. The minimum Gasteiger partial charge on any atom is -0.480 e. The number of rotatable bonds is 5. The van der Waals surface area contributed by atoms with Crippen molar-refractivity contribution in [2.45, 2.75) is 44.6 Å². The maximum absolute atomic E-state index is 12.7. The van der Waals surface area contributed by atoms with Gasteiger partial charge in [-0.2, -0.15) is 5.10 Å². The van der Waals surface area contributed by atoms with Gasteiger partial charge in [-0.05, 0) is 55.7 Å². The molecule has 6 nitrogen and oxygen atoms in total. The maximum Gasteiger partial charge on any atom is 0.326 e. The number of aliphatic carboxylic acids is 1. The number of carbonyl (C=O) groups excluding carboxylic acids is 1. The number of carboxylic acid groups (broad SMARTS) is 1. The molecular formula is C21H23N3O3S. The van der Waals surface area contributed by atoms with Crippen LogP contribution in [0.2, 0.25) is 0 Å². The SMILES string of the molecule is Cc1nn(C)c2sc(C(=O)NC(CC3CCCc4ccccc43)C(=O)O)cc12. The molecule has 1 aliphatic carbocycles. The highest BCUT2D eigenvalue weighted by Gasteiger charge is 2.29. The van der Waals surface area contributed by atoms with Crippen LogP contribution in [0.5, 0.6) is 0 Å². The van der Waals surface area contributed by atoms with Crippen molar-refractivity contribution in [2.24, 2.45) is 7.05 Å². The van der Waals surface area contributed by atoms with E-state index in [-0.39, 0.29) is 11.8 Å². The second-order valence-electron chi connectivity index (χ2n) is 7.43. The number of fused-ring (bicyclic) bond motifs is 2. The Morgan fingerprint density at radius 3 is 2.93 bits per heavy atom. The smallest absolute Gasteiger partial charge is 0.326 e. The van der Waals surface area contributed by atoms with Crippen molar-refractivity contribution in [3.05, 3.63) is 52.0 Å². The number of aryl methyl sites for hydroxylation is 3. The van der Waals surface area contributed by atoms with Gasteiger partial charge in [-0.1, -0.05) is 24.3 Å². The lowest BCUT2D eigenvalue weighted by Gasteiger charge is -2.28. The zero-order valence-electron chi connectivity index (χ0n) is 15.9. The summed E-state index contributed by atoms with van der Waals surface area (Å²) in [7, 11) is 1.84. The number of nitrogens with zero attached hydrogens (tertiary/aromatic N) is 2. The molecular weight excluding hydrogens is 374 g/mol. The first-order valence-corrected chi connectivity index (χ1v) is 10.3. The molecule has 1 aliphatic rings. The monoisotopic (exact) mass is 397 g/mol. The summed E-state index contributed by atoms with van der Waals surface area (Å²) >= 11 is 1.34. The highest BCUT2D eigenvalue weighted by atomic mass is 32.1. The average Bonchev–Trinajstić information content (AvgIpc) is 3.23. The highest BCUT2D eigenvalue weighted by molar-refractivity contribution is 7.20. The van der Waals surface area contributed by atoms with E-state index in [1.807, 2.05) is 26.1 Å². The molecule has 2 unspecified atom stereocenters. The summed E-state index contributed by atoms with van der Waals surface area (Å²) < 4.78 is 1.75. The fourth-order valence-electron chi connectivity index (χ4n) is 4.15. The number of amides is 1. The van der Waals surface area contributed by atoms with Crippen molar-refractivity contribution in [2.75, 3.05) is 0 Å². The van der Waals surface area contributed by atoms with Crippen LogP contribution in [0.1, 0.15) is 51.7 Å². The van der Waals surface area contributed by atoms with E-state index < -0.39 is 12.0 Å². The van der Waals surface area contributed by atoms with Crippen molar-refractivity contribution in [3.8, 4) is 0 Å². The first-order chi connectivity index (χ1) is 13.4. The minimum absolute atomic E-state index is 0.153. The Labute approximate surface area is 167 Å². The van der Waals surface area contributed by atoms with E-state index in [1.54, 1.807) is 10.7 Å². The van der Waals surface area contributed by atoms with E-state index in [0.29, 0.717) is 11.3 Å². The molecule has 3 aromatic rings. The molecule has 0 radical (unpaired) electrons. The third-order valence-corrected chi connectivity index (χ3v) is 6.74. The molecule has 0 aliphatic heterocycles. The van der Waals surface area contributed by atoms with Crippen LogP contribution in [0.3, 0.4) is 0 Å². The largest absolute Gasteiger partial charge is 0.480 e. The van der Waals surface area contributed by atoms with E-state index in [9.17, 15) is 14.7 Å². The first-order valence-electron chi connectivity index (χ1n) is 9.48. The summed E-state index contributed by atoms with van der Waals surface area (Å²) in [5, 5.41) is 17.7. The van der Waals surface area contributed by atoms with Gasteiger partial charge in [0.1, 0.15) is 10.9 Å². The van der Waals surface area contributed by atoms with Crippen LogP contribution < -0.4 is 5.32 Å². The van der Waals surface area contributed by atoms with Gasteiger partial charge in [-0.3, -0.25) is 9.48 Å².